The molecule has 0 aliphatic heterocycles. The van der Waals surface area contributed by atoms with Gasteiger partial charge in [0.15, 0.2) is 6.10 Å². The molecule has 0 fully saturated rings. The number of hydrogen-bond donors (Lipinski definition) is 3. The van der Waals surface area contributed by atoms with Crippen LogP contribution in [0.1, 0.15) is 13.3 Å². The SMILES string of the molecule is CC(Oc1ccccc1Cl)C(=O)N[C@@H](CC(N)=O)C(=O)O. The highest BCUT2D eigenvalue weighted by Gasteiger charge is 2.25. The van der Waals surface area contributed by atoms with Crippen molar-refractivity contribution in [3.8, 4) is 5.75 Å². The molecule has 0 saturated heterocycles. The zero-order valence-electron chi connectivity index (χ0n) is 11.2. The first-order valence-electron chi connectivity index (χ1n) is 6.04. The molecule has 2 atom stereocenters. The van der Waals surface area contributed by atoms with Gasteiger partial charge in [-0.1, -0.05) is 23.7 Å². The molecule has 4 N–H and O–H groups in total. The second-order valence-corrected chi connectivity index (χ2v) is 4.67. The molecule has 0 spiro atoms. The van der Waals surface area contributed by atoms with Crippen LogP contribution >= 0.6 is 11.6 Å². The van der Waals surface area contributed by atoms with Crippen molar-refractivity contribution in [2.45, 2.75) is 25.5 Å². The Balaban J connectivity index is 2.67. The lowest BCUT2D eigenvalue weighted by Gasteiger charge is -2.18. The van der Waals surface area contributed by atoms with Gasteiger partial charge in [0, 0.05) is 0 Å². The van der Waals surface area contributed by atoms with Crippen molar-refractivity contribution in [3.63, 3.8) is 0 Å². The molecule has 21 heavy (non-hydrogen) atoms. The first kappa shape index (κ1) is 16.8. The molecule has 1 aromatic rings. The summed E-state index contributed by atoms with van der Waals surface area (Å²) in [5.74, 6) is -2.58. The summed E-state index contributed by atoms with van der Waals surface area (Å²) in [5.41, 5.74) is 4.92. The lowest BCUT2D eigenvalue weighted by Crippen LogP contribution is -2.47. The van der Waals surface area contributed by atoms with Crippen molar-refractivity contribution in [2.24, 2.45) is 5.73 Å². The number of carbonyl (C=O) groups is 3. The van der Waals surface area contributed by atoms with E-state index >= 15 is 0 Å². The van der Waals surface area contributed by atoms with Gasteiger partial charge in [-0.3, -0.25) is 9.59 Å². The summed E-state index contributed by atoms with van der Waals surface area (Å²) in [5, 5.41) is 11.4. The number of para-hydroxylation sites is 1. The Morgan fingerprint density at radius 1 is 1.38 bits per heavy atom. The second-order valence-electron chi connectivity index (χ2n) is 4.26. The third kappa shape index (κ3) is 5.31. The molecule has 0 heterocycles. The van der Waals surface area contributed by atoms with Gasteiger partial charge < -0.3 is 20.9 Å². The predicted octanol–water partition coefficient (Wildman–Crippen LogP) is 0.552. The van der Waals surface area contributed by atoms with Crippen molar-refractivity contribution in [3.05, 3.63) is 29.3 Å². The minimum absolute atomic E-state index is 0.295. The van der Waals surface area contributed by atoms with E-state index in [0.29, 0.717) is 10.8 Å². The first-order chi connectivity index (χ1) is 9.81. The van der Waals surface area contributed by atoms with Gasteiger partial charge in [0.2, 0.25) is 5.91 Å². The number of hydrogen-bond acceptors (Lipinski definition) is 4. The van der Waals surface area contributed by atoms with Gasteiger partial charge in [-0.2, -0.15) is 0 Å². The number of nitrogens with two attached hydrogens (primary N) is 1. The van der Waals surface area contributed by atoms with Crippen molar-refractivity contribution in [2.75, 3.05) is 0 Å². The number of carboxylic acids is 1. The lowest BCUT2D eigenvalue weighted by molar-refractivity contribution is -0.144. The van der Waals surface area contributed by atoms with Crippen molar-refractivity contribution < 1.29 is 24.2 Å². The molecule has 0 bridgehead atoms. The van der Waals surface area contributed by atoms with Crippen LogP contribution in [0.25, 0.3) is 0 Å². The largest absolute Gasteiger partial charge is 0.480 e. The molecule has 114 valence electrons. The normalized spacial score (nSPS) is 13.0. The van der Waals surface area contributed by atoms with Crippen LogP contribution in [0.4, 0.5) is 0 Å². The third-order valence-electron chi connectivity index (χ3n) is 2.53. The topological polar surface area (TPSA) is 119 Å². The van der Waals surface area contributed by atoms with E-state index < -0.39 is 36.4 Å². The minimum Gasteiger partial charge on any atom is -0.480 e. The highest BCUT2D eigenvalue weighted by atomic mass is 35.5. The van der Waals surface area contributed by atoms with Gasteiger partial charge in [-0.25, -0.2) is 4.79 Å². The summed E-state index contributed by atoms with van der Waals surface area (Å²) in [6.07, 6.45) is -1.49. The molecule has 1 rings (SSSR count). The fourth-order valence-corrected chi connectivity index (χ4v) is 1.65. The summed E-state index contributed by atoms with van der Waals surface area (Å²) in [6.45, 7) is 1.43. The molecule has 0 saturated carbocycles. The summed E-state index contributed by atoms with van der Waals surface area (Å²) < 4.78 is 5.34. The van der Waals surface area contributed by atoms with E-state index in [0.717, 1.165) is 0 Å². The van der Waals surface area contributed by atoms with Crippen LogP contribution in [-0.4, -0.2) is 35.0 Å². The second kappa shape index (κ2) is 7.49. The molecule has 0 aliphatic carbocycles. The number of carbonyl (C=O) groups excluding carboxylic acids is 2. The number of benzene rings is 1. The Bertz CT molecular complexity index is 549. The number of carboxylic acid groups (broad SMARTS) is 1. The average Bonchev–Trinajstić information content (AvgIpc) is 2.39. The molecule has 0 radical (unpaired) electrons. The van der Waals surface area contributed by atoms with Crippen molar-refractivity contribution in [1.82, 2.24) is 5.32 Å². The van der Waals surface area contributed by atoms with Crippen LogP contribution in [0.3, 0.4) is 0 Å². The predicted molar refractivity (Wildman–Crippen MR) is 74.9 cm³/mol. The number of ether oxygens (including phenoxy) is 1. The molecule has 2 amide bonds. The van der Waals surface area contributed by atoms with Gasteiger partial charge in [0.05, 0.1) is 11.4 Å². The maximum Gasteiger partial charge on any atom is 0.326 e. The minimum atomic E-state index is -1.40. The first-order valence-corrected chi connectivity index (χ1v) is 6.41. The average molecular weight is 315 g/mol. The Morgan fingerprint density at radius 3 is 2.52 bits per heavy atom. The summed E-state index contributed by atoms with van der Waals surface area (Å²) in [4.78, 5) is 33.5. The van der Waals surface area contributed by atoms with Crippen molar-refractivity contribution in [1.29, 1.82) is 0 Å². The van der Waals surface area contributed by atoms with Gasteiger partial charge in [-0.15, -0.1) is 0 Å². The maximum absolute atomic E-state index is 11.9. The quantitative estimate of drug-likeness (QED) is 0.679. The van der Waals surface area contributed by atoms with Crippen LogP contribution in [0, 0.1) is 0 Å². The Morgan fingerprint density at radius 2 is 2.00 bits per heavy atom. The number of nitrogens with one attached hydrogen (secondary N) is 1. The van der Waals surface area contributed by atoms with Crippen LogP contribution in [-0.2, 0) is 14.4 Å². The van der Waals surface area contributed by atoms with E-state index in [-0.39, 0.29) is 0 Å². The smallest absolute Gasteiger partial charge is 0.326 e. The standard InChI is InChI=1S/C13H15ClN2O5/c1-7(21-10-5-3-2-4-8(10)14)12(18)16-9(13(19)20)6-11(15)17/h2-5,7,9H,6H2,1H3,(H2,15,17)(H,16,18)(H,19,20)/t7?,9-/m0/s1. The number of halogens is 1. The zero-order valence-corrected chi connectivity index (χ0v) is 12.0. The molecule has 0 aromatic heterocycles. The highest BCUT2D eigenvalue weighted by molar-refractivity contribution is 6.32. The van der Waals surface area contributed by atoms with E-state index in [1.54, 1.807) is 24.3 Å². The third-order valence-corrected chi connectivity index (χ3v) is 2.84. The summed E-state index contributed by atoms with van der Waals surface area (Å²) >= 11 is 5.89. The number of rotatable bonds is 7. The fourth-order valence-electron chi connectivity index (χ4n) is 1.47. The van der Waals surface area contributed by atoms with Crippen LogP contribution in [0.15, 0.2) is 24.3 Å². The zero-order chi connectivity index (χ0) is 16.0. The van der Waals surface area contributed by atoms with Crippen LogP contribution in [0.2, 0.25) is 5.02 Å². The molecular formula is C13H15ClN2O5. The molecule has 7 nitrogen and oxygen atoms in total. The number of amides is 2. The van der Waals surface area contributed by atoms with E-state index in [9.17, 15) is 14.4 Å². The van der Waals surface area contributed by atoms with Gasteiger partial charge in [0.1, 0.15) is 11.8 Å². The summed E-state index contributed by atoms with van der Waals surface area (Å²) in [7, 11) is 0. The van der Waals surface area contributed by atoms with E-state index in [1.807, 2.05) is 0 Å². The number of primary amides is 1. The van der Waals surface area contributed by atoms with Crippen LogP contribution < -0.4 is 15.8 Å². The van der Waals surface area contributed by atoms with Crippen molar-refractivity contribution >= 4 is 29.4 Å². The van der Waals surface area contributed by atoms with Gasteiger partial charge in [-0.05, 0) is 19.1 Å². The van der Waals surface area contributed by atoms with Gasteiger partial charge >= 0.3 is 5.97 Å². The molecule has 8 heteroatoms. The lowest BCUT2D eigenvalue weighted by atomic mass is 10.2. The monoisotopic (exact) mass is 314 g/mol. The van der Waals surface area contributed by atoms with E-state index in [2.05, 4.69) is 5.32 Å². The van der Waals surface area contributed by atoms with E-state index in [4.69, 9.17) is 27.2 Å². The van der Waals surface area contributed by atoms with Crippen LogP contribution in [0.5, 0.6) is 5.75 Å². The fraction of sp³-hybridized carbons (Fsp3) is 0.308. The molecule has 1 unspecified atom stereocenters. The molecular weight excluding hydrogens is 300 g/mol. The Labute approximate surface area is 126 Å². The molecule has 0 aliphatic rings. The number of aliphatic carboxylic acids is 1. The molecule has 1 aromatic carbocycles. The Kier molecular flexibility index (Phi) is 5.98. The Hall–Kier alpha value is -2.28. The summed E-state index contributed by atoms with van der Waals surface area (Å²) in [6, 6.07) is 5.15. The highest BCUT2D eigenvalue weighted by Crippen LogP contribution is 2.24. The van der Waals surface area contributed by atoms with E-state index in [1.165, 1.54) is 6.92 Å². The van der Waals surface area contributed by atoms with Gasteiger partial charge in [0.25, 0.3) is 5.91 Å². The maximum atomic E-state index is 11.9.